The summed E-state index contributed by atoms with van der Waals surface area (Å²) >= 11 is 5.88. The van der Waals surface area contributed by atoms with E-state index in [4.69, 9.17) is 18.2 Å². The molecule has 2 aromatic rings. The van der Waals surface area contributed by atoms with E-state index in [9.17, 15) is 8.78 Å². The van der Waals surface area contributed by atoms with Gasteiger partial charge < -0.3 is 4.98 Å². The van der Waals surface area contributed by atoms with Crippen LogP contribution in [0.15, 0.2) is 18.2 Å². The molecule has 5 heteroatoms. The molecule has 0 radical (unpaired) electrons. The standard InChI is InChI=1S/C10H5ClF2N2/c1-14-7-3-2-6-5(9(7)11)4-8(15-6)10(12)13/h2-4,10,15H. The largest absolute Gasteiger partial charge is 0.354 e. The zero-order chi connectivity index (χ0) is 11.0. The Kier molecular flexibility index (Phi) is 2.33. The van der Waals surface area contributed by atoms with Gasteiger partial charge in [0.25, 0.3) is 6.43 Å². The van der Waals surface area contributed by atoms with E-state index in [0.29, 0.717) is 10.9 Å². The van der Waals surface area contributed by atoms with Crippen molar-refractivity contribution in [1.29, 1.82) is 0 Å². The molecule has 0 amide bonds. The molecule has 2 nitrogen and oxygen atoms in total. The molecule has 0 unspecified atom stereocenters. The van der Waals surface area contributed by atoms with Crippen LogP contribution >= 0.6 is 11.6 Å². The SMILES string of the molecule is [C-]#[N+]c1ccc2[nH]c(C(F)F)cc2c1Cl. The molecule has 0 aliphatic heterocycles. The Morgan fingerprint density at radius 2 is 2.13 bits per heavy atom. The van der Waals surface area contributed by atoms with Crippen LogP contribution in [-0.2, 0) is 0 Å². The van der Waals surface area contributed by atoms with Crippen LogP contribution in [0.1, 0.15) is 12.1 Å². The van der Waals surface area contributed by atoms with E-state index in [2.05, 4.69) is 9.83 Å². The molecule has 2 rings (SSSR count). The quantitative estimate of drug-likeness (QED) is 0.700. The summed E-state index contributed by atoms with van der Waals surface area (Å²) in [5.74, 6) is 0. The second kappa shape index (κ2) is 3.52. The number of nitrogens with one attached hydrogen (secondary N) is 1. The molecule has 1 N–H and O–H groups in total. The van der Waals surface area contributed by atoms with Crippen LogP contribution in [0.5, 0.6) is 0 Å². The Hall–Kier alpha value is -1.60. The Morgan fingerprint density at radius 1 is 1.40 bits per heavy atom. The first-order valence-electron chi connectivity index (χ1n) is 4.10. The van der Waals surface area contributed by atoms with E-state index in [1.54, 1.807) is 6.07 Å². The molecule has 1 aromatic heterocycles. The molecule has 0 atom stereocenters. The maximum absolute atomic E-state index is 12.4. The van der Waals surface area contributed by atoms with Crippen molar-refractivity contribution in [2.24, 2.45) is 0 Å². The second-order valence-electron chi connectivity index (χ2n) is 3.00. The van der Waals surface area contributed by atoms with Crippen molar-refractivity contribution in [3.63, 3.8) is 0 Å². The zero-order valence-electron chi connectivity index (χ0n) is 7.39. The molecular formula is C10H5ClF2N2. The molecule has 15 heavy (non-hydrogen) atoms. The van der Waals surface area contributed by atoms with Crippen molar-refractivity contribution >= 4 is 28.2 Å². The lowest BCUT2D eigenvalue weighted by Crippen LogP contribution is -1.80. The lowest BCUT2D eigenvalue weighted by Gasteiger charge is -1.95. The number of fused-ring (bicyclic) bond motifs is 1. The molecule has 0 bridgehead atoms. The van der Waals surface area contributed by atoms with Crippen LogP contribution in [0, 0.1) is 6.57 Å². The molecule has 0 fully saturated rings. The number of nitrogens with zero attached hydrogens (tertiary/aromatic N) is 1. The number of H-pyrrole nitrogens is 1. The smallest absolute Gasteiger partial charge is 0.278 e. The van der Waals surface area contributed by atoms with E-state index in [1.165, 1.54) is 12.1 Å². The van der Waals surface area contributed by atoms with Crippen LogP contribution in [0.4, 0.5) is 14.5 Å². The molecule has 0 aliphatic carbocycles. The number of aromatic nitrogens is 1. The van der Waals surface area contributed by atoms with Crippen molar-refractivity contribution in [2.45, 2.75) is 6.43 Å². The van der Waals surface area contributed by atoms with Gasteiger partial charge in [-0.05, 0) is 12.1 Å². The maximum atomic E-state index is 12.4. The molecule has 0 saturated heterocycles. The van der Waals surface area contributed by atoms with E-state index >= 15 is 0 Å². The maximum Gasteiger partial charge on any atom is 0.278 e. The molecule has 0 aliphatic rings. The fraction of sp³-hybridized carbons (Fsp3) is 0.100. The highest BCUT2D eigenvalue weighted by molar-refractivity contribution is 6.38. The van der Waals surface area contributed by atoms with Gasteiger partial charge in [-0.1, -0.05) is 17.7 Å². The summed E-state index contributed by atoms with van der Waals surface area (Å²) in [5.41, 5.74) is 0.598. The van der Waals surface area contributed by atoms with Gasteiger partial charge in [-0.2, -0.15) is 0 Å². The van der Waals surface area contributed by atoms with Crippen molar-refractivity contribution in [2.75, 3.05) is 0 Å². The number of benzene rings is 1. The highest BCUT2D eigenvalue weighted by Gasteiger charge is 2.13. The topological polar surface area (TPSA) is 20.1 Å². The third kappa shape index (κ3) is 1.55. The molecule has 0 spiro atoms. The van der Waals surface area contributed by atoms with Crippen molar-refractivity contribution in [3.8, 4) is 0 Å². The van der Waals surface area contributed by atoms with Crippen molar-refractivity contribution in [1.82, 2.24) is 4.98 Å². The molecule has 1 aromatic carbocycles. The van der Waals surface area contributed by atoms with Gasteiger partial charge in [-0.15, -0.1) is 0 Å². The van der Waals surface area contributed by atoms with E-state index < -0.39 is 6.43 Å². The number of hydrogen-bond acceptors (Lipinski definition) is 0. The van der Waals surface area contributed by atoms with Gasteiger partial charge in [0.15, 0.2) is 0 Å². The number of hydrogen-bond donors (Lipinski definition) is 1. The van der Waals surface area contributed by atoms with Crippen LogP contribution < -0.4 is 0 Å². The van der Waals surface area contributed by atoms with Gasteiger partial charge in [0.1, 0.15) is 0 Å². The van der Waals surface area contributed by atoms with Gasteiger partial charge in [0, 0.05) is 10.9 Å². The highest BCUT2D eigenvalue weighted by Crippen LogP contribution is 2.35. The minimum atomic E-state index is -2.56. The number of alkyl halides is 2. The first-order valence-corrected chi connectivity index (χ1v) is 4.48. The average molecular weight is 227 g/mol. The number of rotatable bonds is 1. The second-order valence-corrected chi connectivity index (χ2v) is 3.38. The van der Waals surface area contributed by atoms with Crippen LogP contribution in [0.25, 0.3) is 15.7 Å². The molecule has 76 valence electrons. The monoisotopic (exact) mass is 226 g/mol. The summed E-state index contributed by atoms with van der Waals surface area (Å²) in [4.78, 5) is 5.74. The summed E-state index contributed by atoms with van der Waals surface area (Å²) in [6, 6.07) is 4.35. The summed E-state index contributed by atoms with van der Waals surface area (Å²) in [6.07, 6.45) is -2.56. The fourth-order valence-corrected chi connectivity index (χ4v) is 1.64. The van der Waals surface area contributed by atoms with Crippen LogP contribution in [-0.4, -0.2) is 4.98 Å². The zero-order valence-corrected chi connectivity index (χ0v) is 8.15. The van der Waals surface area contributed by atoms with E-state index in [1.807, 2.05) is 0 Å². The van der Waals surface area contributed by atoms with Crippen LogP contribution in [0.3, 0.4) is 0 Å². The summed E-state index contributed by atoms with van der Waals surface area (Å²) in [6.45, 7) is 6.83. The molecule has 0 saturated carbocycles. The lowest BCUT2D eigenvalue weighted by molar-refractivity contribution is 0.147. The van der Waals surface area contributed by atoms with E-state index in [0.717, 1.165) is 0 Å². The van der Waals surface area contributed by atoms with Gasteiger partial charge in [0.2, 0.25) is 5.69 Å². The minimum absolute atomic E-state index is 0.186. The van der Waals surface area contributed by atoms with Crippen molar-refractivity contribution < 1.29 is 8.78 Å². The summed E-state index contributed by atoms with van der Waals surface area (Å²) in [5, 5.41) is 0.672. The number of halogens is 3. The first-order chi connectivity index (χ1) is 7.13. The average Bonchev–Trinajstić information content (AvgIpc) is 2.63. The Labute approximate surface area is 89.3 Å². The van der Waals surface area contributed by atoms with Gasteiger partial charge >= 0.3 is 0 Å². The molecular weight excluding hydrogens is 222 g/mol. The highest BCUT2D eigenvalue weighted by atomic mass is 35.5. The number of aromatic amines is 1. The fourth-order valence-electron chi connectivity index (χ4n) is 1.38. The van der Waals surface area contributed by atoms with Gasteiger partial charge in [-0.25, -0.2) is 13.6 Å². The van der Waals surface area contributed by atoms with Crippen LogP contribution in [0.2, 0.25) is 5.02 Å². The summed E-state index contributed by atoms with van der Waals surface area (Å²) < 4.78 is 24.8. The Morgan fingerprint density at radius 3 is 2.73 bits per heavy atom. The lowest BCUT2D eigenvalue weighted by atomic mass is 10.2. The molecule has 1 heterocycles. The first kappa shape index (κ1) is 9.94. The van der Waals surface area contributed by atoms with Gasteiger partial charge in [-0.3, -0.25) is 0 Å². The third-order valence-electron chi connectivity index (χ3n) is 2.09. The predicted molar refractivity (Wildman–Crippen MR) is 54.5 cm³/mol. The third-order valence-corrected chi connectivity index (χ3v) is 2.49. The predicted octanol–water partition coefficient (Wildman–Crippen LogP) is 4.31. The van der Waals surface area contributed by atoms with Gasteiger partial charge in [0.05, 0.1) is 17.3 Å². The minimum Gasteiger partial charge on any atom is -0.354 e. The van der Waals surface area contributed by atoms with Crippen molar-refractivity contribution in [3.05, 3.63) is 40.3 Å². The van der Waals surface area contributed by atoms with E-state index in [-0.39, 0.29) is 16.4 Å². The Balaban J connectivity index is 2.72. The summed E-state index contributed by atoms with van der Waals surface area (Å²) in [7, 11) is 0. The Bertz CT molecular complexity index is 554. The normalized spacial score (nSPS) is 10.9.